The zero-order valence-corrected chi connectivity index (χ0v) is 8.09. The smallest absolute Gasteiger partial charge is 0.0452 e. The molecule has 2 nitrogen and oxygen atoms in total. The van der Waals surface area contributed by atoms with Crippen LogP contribution in [0.3, 0.4) is 0 Å². The lowest BCUT2D eigenvalue weighted by atomic mass is 9.87. The lowest BCUT2D eigenvalue weighted by molar-refractivity contribution is 0.340. The molecule has 0 amide bonds. The second-order valence-corrected chi connectivity index (χ2v) is 4.50. The van der Waals surface area contributed by atoms with Crippen LogP contribution in [0.15, 0.2) is 18.3 Å². The molecule has 1 atom stereocenters. The van der Waals surface area contributed by atoms with Crippen molar-refractivity contribution in [3.63, 3.8) is 0 Å². The number of hydrogen-bond acceptors (Lipinski definition) is 1. The normalized spacial score (nSPS) is 14.7. The maximum atomic E-state index is 5.99. The predicted molar refractivity (Wildman–Crippen MR) is 51.8 cm³/mol. The van der Waals surface area contributed by atoms with Gasteiger partial charge in [-0.3, -0.25) is 0 Å². The van der Waals surface area contributed by atoms with Crippen LogP contribution in [0, 0.1) is 5.41 Å². The molecule has 3 N–H and O–H groups in total. The minimum absolute atomic E-state index is 0.139. The lowest BCUT2D eigenvalue weighted by Crippen LogP contribution is -2.18. The Morgan fingerprint density at radius 2 is 2.17 bits per heavy atom. The van der Waals surface area contributed by atoms with E-state index in [9.17, 15) is 0 Å². The number of H-pyrrole nitrogens is 1. The van der Waals surface area contributed by atoms with Gasteiger partial charge in [0.25, 0.3) is 0 Å². The van der Waals surface area contributed by atoms with Gasteiger partial charge in [-0.1, -0.05) is 20.8 Å². The topological polar surface area (TPSA) is 41.8 Å². The van der Waals surface area contributed by atoms with Crippen LogP contribution >= 0.6 is 0 Å². The van der Waals surface area contributed by atoms with E-state index in [4.69, 9.17) is 5.73 Å². The van der Waals surface area contributed by atoms with E-state index in [1.54, 1.807) is 0 Å². The molecule has 0 aromatic carbocycles. The summed E-state index contributed by atoms with van der Waals surface area (Å²) in [5, 5.41) is 0. The molecule has 0 unspecified atom stereocenters. The summed E-state index contributed by atoms with van der Waals surface area (Å²) < 4.78 is 0. The third kappa shape index (κ3) is 2.70. The molecular formula is C10H18N2. The number of nitrogens with two attached hydrogens (primary N) is 1. The second-order valence-electron chi connectivity index (χ2n) is 4.50. The molecule has 1 heterocycles. The van der Waals surface area contributed by atoms with Gasteiger partial charge in [-0.15, -0.1) is 0 Å². The van der Waals surface area contributed by atoms with Gasteiger partial charge in [-0.25, -0.2) is 0 Å². The van der Waals surface area contributed by atoms with Gasteiger partial charge in [0, 0.05) is 17.9 Å². The number of hydrogen-bond donors (Lipinski definition) is 2. The molecule has 1 aromatic rings. The van der Waals surface area contributed by atoms with Crippen LogP contribution in [0.2, 0.25) is 0 Å². The maximum absolute atomic E-state index is 5.99. The highest BCUT2D eigenvalue weighted by Gasteiger charge is 2.16. The highest BCUT2D eigenvalue weighted by atomic mass is 14.8. The summed E-state index contributed by atoms with van der Waals surface area (Å²) in [6.45, 7) is 6.61. The first kappa shape index (κ1) is 9.33. The van der Waals surface area contributed by atoms with Crippen molar-refractivity contribution in [2.24, 2.45) is 11.1 Å². The van der Waals surface area contributed by atoms with Gasteiger partial charge in [0.2, 0.25) is 0 Å². The third-order valence-electron chi connectivity index (χ3n) is 1.85. The van der Waals surface area contributed by atoms with Crippen molar-refractivity contribution in [3.8, 4) is 0 Å². The van der Waals surface area contributed by atoms with Crippen molar-refractivity contribution in [2.75, 3.05) is 0 Å². The standard InChI is InChI=1S/C10H18N2/c1-10(2,3)7-8(11)9-5-4-6-12-9/h4-6,8,12H,7,11H2,1-3H3/t8-/m0/s1. The van der Waals surface area contributed by atoms with E-state index in [-0.39, 0.29) is 6.04 Å². The van der Waals surface area contributed by atoms with Crippen molar-refractivity contribution in [1.29, 1.82) is 0 Å². The molecule has 0 spiro atoms. The minimum Gasteiger partial charge on any atom is -0.364 e. The van der Waals surface area contributed by atoms with E-state index in [1.165, 1.54) is 0 Å². The molecule has 2 heteroatoms. The van der Waals surface area contributed by atoms with Crippen LogP contribution < -0.4 is 5.73 Å². The minimum atomic E-state index is 0.139. The molecule has 12 heavy (non-hydrogen) atoms. The molecule has 0 aliphatic heterocycles. The lowest BCUT2D eigenvalue weighted by Gasteiger charge is -2.22. The summed E-state index contributed by atoms with van der Waals surface area (Å²) in [7, 11) is 0. The largest absolute Gasteiger partial charge is 0.364 e. The van der Waals surface area contributed by atoms with E-state index < -0.39 is 0 Å². The van der Waals surface area contributed by atoms with Crippen molar-refractivity contribution in [1.82, 2.24) is 4.98 Å². The Morgan fingerprint density at radius 3 is 2.58 bits per heavy atom. The highest BCUT2D eigenvalue weighted by Crippen LogP contribution is 2.26. The molecule has 0 bridgehead atoms. The molecule has 0 aliphatic carbocycles. The summed E-state index contributed by atoms with van der Waals surface area (Å²) in [5.74, 6) is 0. The van der Waals surface area contributed by atoms with E-state index in [0.29, 0.717) is 5.41 Å². The van der Waals surface area contributed by atoms with Crippen LogP contribution in [0.4, 0.5) is 0 Å². The van der Waals surface area contributed by atoms with Crippen LogP contribution in [0.1, 0.15) is 38.9 Å². The average molecular weight is 166 g/mol. The third-order valence-corrected chi connectivity index (χ3v) is 1.85. The average Bonchev–Trinajstić information content (AvgIpc) is 2.32. The highest BCUT2D eigenvalue weighted by molar-refractivity contribution is 5.08. The van der Waals surface area contributed by atoms with E-state index in [2.05, 4.69) is 25.8 Å². The molecule has 0 aliphatic rings. The Kier molecular flexibility index (Phi) is 2.58. The van der Waals surface area contributed by atoms with Crippen LogP contribution in [0.5, 0.6) is 0 Å². The van der Waals surface area contributed by atoms with Gasteiger partial charge in [0.05, 0.1) is 0 Å². The van der Waals surface area contributed by atoms with E-state index >= 15 is 0 Å². The van der Waals surface area contributed by atoms with Gasteiger partial charge in [0.15, 0.2) is 0 Å². The Morgan fingerprint density at radius 1 is 1.50 bits per heavy atom. The fourth-order valence-electron chi connectivity index (χ4n) is 1.34. The summed E-state index contributed by atoms with van der Waals surface area (Å²) >= 11 is 0. The first-order valence-corrected chi connectivity index (χ1v) is 4.38. The molecule has 0 saturated heterocycles. The summed E-state index contributed by atoms with van der Waals surface area (Å²) in [6.07, 6.45) is 2.92. The predicted octanol–water partition coefficient (Wildman–Crippen LogP) is 2.45. The number of aromatic amines is 1. The SMILES string of the molecule is CC(C)(C)C[C@H](N)c1ccc[nH]1. The molecule has 1 rings (SSSR count). The summed E-state index contributed by atoms with van der Waals surface area (Å²) in [6, 6.07) is 4.16. The zero-order chi connectivity index (χ0) is 9.19. The molecule has 0 radical (unpaired) electrons. The van der Waals surface area contributed by atoms with Gasteiger partial charge >= 0.3 is 0 Å². The van der Waals surface area contributed by atoms with Crippen LogP contribution in [-0.2, 0) is 0 Å². The van der Waals surface area contributed by atoms with Crippen LogP contribution in [0.25, 0.3) is 0 Å². The quantitative estimate of drug-likeness (QED) is 0.696. The Labute approximate surface area is 74.2 Å². The number of rotatable bonds is 2. The van der Waals surface area contributed by atoms with Crippen molar-refractivity contribution < 1.29 is 0 Å². The second kappa shape index (κ2) is 3.31. The first-order chi connectivity index (χ1) is 5.49. The molecule has 68 valence electrons. The van der Waals surface area contributed by atoms with Crippen molar-refractivity contribution >= 4 is 0 Å². The van der Waals surface area contributed by atoms with Gasteiger partial charge in [0.1, 0.15) is 0 Å². The van der Waals surface area contributed by atoms with Crippen molar-refractivity contribution in [3.05, 3.63) is 24.0 Å². The summed E-state index contributed by atoms with van der Waals surface area (Å²) in [5.41, 5.74) is 7.42. The first-order valence-electron chi connectivity index (χ1n) is 4.38. The van der Waals surface area contributed by atoms with Crippen LogP contribution in [-0.4, -0.2) is 4.98 Å². The monoisotopic (exact) mass is 166 g/mol. The zero-order valence-electron chi connectivity index (χ0n) is 8.09. The molecule has 0 fully saturated rings. The number of nitrogens with one attached hydrogen (secondary N) is 1. The fraction of sp³-hybridized carbons (Fsp3) is 0.600. The van der Waals surface area contributed by atoms with E-state index in [1.807, 2.05) is 18.3 Å². The van der Waals surface area contributed by atoms with Crippen molar-refractivity contribution in [2.45, 2.75) is 33.2 Å². The van der Waals surface area contributed by atoms with Gasteiger partial charge in [-0.05, 0) is 24.0 Å². The molecule has 1 aromatic heterocycles. The Bertz CT molecular complexity index is 218. The molecule has 0 saturated carbocycles. The maximum Gasteiger partial charge on any atom is 0.0452 e. The Hall–Kier alpha value is -0.760. The van der Waals surface area contributed by atoms with Gasteiger partial charge in [-0.2, -0.15) is 0 Å². The van der Waals surface area contributed by atoms with E-state index in [0.717, 1.165) is 12.1 Å². The molecular weight excluding hydrogens is 148 g/mol. The van der Waals surface area contributed by atoms with Gasteiger partial charge < -0.3 is 10.7 Å². The number of aromatic nitrogens is 1. The fourth-order valence-corrected chi connectivity index (χ4v) is 1.34. The summed E-state index contributed by atoms with van der Waals surface area (Å²) in [4.78, 5) is 3.13. The Balaban J connectivity index is 2.56.